The lowest BCUT2D eigenvalue weighted by Crippen LogP contribution is -2.53. The molecule has 0 bridgehead atoms. The maximum Gasteiger partial charge on any atom is 0.323 e. The van der Waals surface area contributed by atoms with Crippen LogP contribution in [0.3, 0.4) is 0 Å². The maximum atomic E-state index is 12.4. The molecule has 1 aromatic carbocycles. The first-order valence-electron chi connectivity index (χ1n) is 6.85. The number of aromatic hydroxyl groups is 1. The molecule has 0 spiro atoms. The van der Waals surface area contributed by atoms with Crippen LogP contribution in [0.2, 0.25) is 0 Å². The minimum Gasteiger partial charge on any atom is -0.508 e. The van der Waals surface area contributed by atoms with Crippen LogP contribution in [0.25, 0.3) is 0 Å². The number of carbonyl (C=O) groups excluding carboxylic acids is 1. The largest absolute Gasteiger partial charge is 0.508 e. The number of nitrogens with one attached hydrogen (secondary N) is 1. The van der Waals surface area contributed by atoms with Gasteiger partial charge in [0.15, 0.2) is 0 Å². The van der Waals surface area contributed by atoms with Crippen LogP contribution in [0.1, 0.15) is 5.56 Å². The van der Waals surface area contributed by atoms with E-state index in [4.69, 9.17) is 15.9 Å². The molecule has 1 aliphatic heterocycles. The summed E-state index contributed by atoms with van der Waals surface area (Å²) in [6, 6.07) is 5.01. The summed E-state index contributed by atoms with van der Waals surface area (Å²) >= 11 is 0. The van der Waals surface area contributed by atoms with Gasteiger partial charge in [-0.05, 0) is 24.1 Å². The Bertz CT molecular complexity index is 548. The normalized spacial score (nSPS) is 22.8. The molecule has 1 aliphatic rings. The average molecular weight is 309 g/mol. The van der Waals surface area contributed by atoms with Crippen molar-refractivity contribution in [1.82, 2.24) is 10.2 Å². The standard InChI is InChI=1S/C14H19N3O5/c15-10(7-18)13-16-11(14(22)17(13)6-12(20)21)5-8-1-3-9(19)4-2-8/h1-4,10-11,13,16,18-19H,5-7,15H2,(H,20,21)/t10-,11-,13-/m0/s1. The Kier molecular flexibility index (Phi) is 4.96. The molecule has 1 fully saturated rings. The van der Waals surface area contributed by atoms with E-state index in [1.54, 1.807) is 12.1 Å². The average Bonchev–Trinajstić information content (AvgIpc) is 2.77. The number of hydrogen-bond acceptors (Lipinski definition) is 6. The highest BCUT2D eigenvalue weighted by Gasteiger charge is 2.42. The van der Waals surface area contributed by atoms with Gasteiger partial charge in [-0.2, -0.15) is 0 Å². The van der Waals surface area contributed by atoms with Gasteiger partial charge in [0.1, 0.15) is 18.5 Å². The lowest BCUT2D eigenvalue weighted by molar-refractivity contribution is -0.144. The fourth-order valence-corrected chi connectivity index (χ4v) is 2.50. The zero-order valence-corrected chi connectivity index (χ0v) is 11.8. The van der Waals surface area contributed by atoms with Crippen molar-refractivity contribution in [3.63, 3.8) is 0 Å². The second-order valence-corrected chi connectivity index (χ2v) is 5.24. The molecular formula is C14H19N3O5. The predicted octanol–water partition coefficient (Wildman–Crippen LogP) is -1.53. The third-order valence-electron chi connectivity index (χ3n) is 3.59. The lowest BCUT2D eigenvalue weighted by atomic mass is 10.1. The van der Waals surface area contributed by atoms with E-state index in [9.17, 15) is 14.7 Å². The quantitative estimate of drug-likeness (QED) is 0.430. The first-order valence-corrected chi connectivity index (χ1v) is 6.85. The van der Waals surface area contributed by atoms with E-state index in [2.05, 4.69) is 5.32 Å². The Morgan fingerprint density at radius 3 is 2.55 bits per heavy atom. The molecule has 1 amide bonds. The van der Waals surface area contributed by atoms with E-state index in [0.29, 0.717) is 6.42 Å². The maximum absolute atomic E-state index is 12.4. The Morgan fingerprint density at radius 1 is 1.36 bits per heavy atom. The van der Waals surface area contributed by atoms with Gasteiger partial charge in [-0.15, -0.1) is 0 Å². The van der Waals surface area contributed by atoms with Crippen LogP contribution in [-0.2, 0) is 16.0 Å². The van der Waals surface area contributed by atoms with Gasteiger partial charge < -0.3 is 26.0 Å². The van der Waals surface area contributed by atoms with Crippen molar-refractivity contribution in [3.05, 3.63) is 29.8 Å². The number of amides is 1. The van der Waals surface area contributed by atoms with Gasteiger partial charge in [0.2, 0.25) is 5.91 Å². The summed E-state index contributed by atoms with van der Waals surface area (Å²) in [6.45, 7) is -0.844. The highest BCUT2D eigenvalue weighted by atomic mass is 16.4. The van der Waals surface area contributed by atoms with Gasteiger partial charge in [-0.25, -0.2) is 0 Å². The van der Waals surface area contributed by atoms with Gasteiger partial charge >= 0.3 is 5.97 Å². The van der Waals surface area contributed by atoms with Gasteiger partial charge in [0.25, 0.3) is 0 Å². The van der Waals surface area contributed by atoms with Gasteiger partial charge in [-0.3, -0.25) is 14.9 Å². The summed E-state index contributed by atoms with van der Waals surface area (Å²) in [5, 5.41) is 30.3. The van der Waals surface area contributed by atoms with Gasteiger partial charge in [0.05, 0.1) is 18.7 Å². The van der Waals surface area contributed by atoms with Crippen LogP contribution in [0.5, 0.6) is 5.75 Å². The van der Waals surface area contributed by atoms with E-state index in [-0.39, 0.29) is 18.3 Å². The Hall–Kier alpha value is -2.16. The fourth-order valence-electron chi connectivity index (χ4n) is 2.50. The number of phenolic OH excluding ortho intramolecular Hbond substituents is 1. The molecule has 0 aromatic heterocycles. The third kappa shape index (κ3) is 3.53. The summed E-state index contributed by atoms with van der Waals surface area (Å²) in [7, 11) is 0. The molecule has 6 N–H and O–H groups in total. The molecule has 22 heavy (non-hydrogen) atoms. The van der Waals surface area contributed by atoms with Crippen molar-refractivity contribution in [2.75, 3.05) is 13.2 Å². The molecule has 0 saturated carbocycles. The van der Waals surface area contributed by atoms with Gasteiger partial charge in [-0.1, -0.05) is 12.1 Å². The fraction of sp³-hybridized carbons (Fsp3) is 0.429. The zero-order chi connectivity index (χ0) is 16.3. The summed E-state index contributed by atoms with van der Waals surface area (Å²) in [5.41, 5.74) is 6.57. The number of aliphatic hydroxyl groups excluding tert-OH is 1. The summed E-state index contributed by atoms with van der Waals surface area (Å²) in [5.74, 6) is -1.39. The first kappa shape index (κ1) is 16.2. The predicted molar refractivity (Wildman–Crippen MR) is 76.9 cm³/mol. The van der Waals surface area contributed by atoms with Crippen molar-refractivity contribution in [2.45, 2.75) is 24.7 Å². The number of nitrogens with zero attached hydrogens (tertiary/aromatic N) is 1. The number of hydrogen-bond donors (Lipinski definition) is 5. The Balaban J connectivity index is 2.14. The molecule has 0 aliphatic carbocycles. The number of rotatable bonds is 6. The number of benzene rings is 1. The molecule has 1 heterocycles. The van der Waals surface area contributed by atoms with Crippen molar-refractivity contribution < 1.29 is 24.9 Å². The van der Waals surface area contributed by atoms with E-state index < -0.39 is 30.8 Å². The molecule has 2 rings (SSSR count). The molecule has 1 aromatic rings. The monoisotopic (exact) mass is 309 g/mol. The van der Waals surface area contributed by atoms with E-state index >= 15 is 0 Å². The Labute approximate surface area is 127 Å². The molecule has 120 valence electrons. The number of carboxylic acids is 1. The third-order valence-corrected chi connectivity index (χ3v) is 3.59. The summed E-state index contributed by atoms with van der Waals surface area (Å²) < 4.78 is 0. The first-order chi connectivity index (χ1) is 10.4. The lowest BCUT2D eigenvalue weighted by Gasteiger charge is -2.26. The second-order valence-electron chi connectivity index (χ2n) is 5.24. The number of carbonyl (C=O) groups is 2. The topological polar surface area (TPSA) is 136 Å². The van der Waals surface area contributed by atoms with Crippen LogP contribution in [-0.4, -0.2) is 63.5 Å². The molecule has 0 radical (unpaired) electrons. The second kappa shape index (κ2) is 6.73. The van der Waals surface area contributed by atoms with Crippen LogP contribution < -0.4 is 11.1 Å². The van der Waals surface area contributed by atoms with Crippen molar-refractivity contribution in [2.24, 2.45) is 5.73 Å². The number of phenols is 1. The van der Waals surface area contributed by atoms with Crippen molar-refractivity contribution in [3.8, 4) is 5.75 Å². The summed E-state index contributed by atoms with van der Waals surface area (Å²) in [6.07, 6.45) is -0.389. The smallest absolute Gasteiger partial charge is 0.323 e. The Morgan fingerprint density at radius 2 is 2.00 bits per heavy atom. The number of aliphatic hydroxyl groups is 1. The summed E-state index contributed by atoms with van der Waals surface area (Å²) in [4.78, 5) is 24.4. The molecule has 8 nitrogen and oxygen atoms in total. The van der Waals surface area contributed by atoms with Crippen LogP contribution >= 0.6 is 0 Å². The van der Waals surface area contributed by atoms with E-state index in [1.807, 2.05) is 0 Å². The van der Waals surface area contributed by atoms with Gasteiger partial charge in [0, 0.05) is 0 Å². The molecule has 8 heteroatoms. The number of aliphatic carboxylic acids is 1. The van der Waals surface area contributed by atoms with E-state index in [1.165, 1.54) is 12.1 Å². The van der Waals surface area contributed by atoms with Crippen LogP contribution in [0.15, 0.2) is 24.3 Å². The molecule has 1 saturated heterocycles. The zero-order valence-electron chi connectivity index (χ0n) is 11.8. The van der Waals surface area contributed by atoms with Crippen LogP contribution in [0.4, 0.5) is 0 Å². The van der Waals surface area contributed by atoms with E-state index in [0.717, 1.165) is 10.5 Å². The molecule has 3 atom stereocenters. The number of nitrogens with two attached hydrogens (primary N) is 1. The number of carboxylic acid groups (broad SMARTS) is 1. The van der Waals surface area contributed by atoms with Crippen molar-refractivity contribution >= 4 is 11.9 Å². The minimum atomic E-state index is -1.14. The highest BCUT2D eigenvalue weighted by Crippen LogP contribution is 2.18. The van der Waals surface area contributed by atoms with Crippen LogP contribution in [0, 0.1) is 0 Å². The molecule has 0 unspecified atom stereocenters. The minimum absolute atomic E-state index is 0.127. The SMILES string of the molecule is N[C@@H](CO)[C@H]1N[C@@H](Cc2ccc(O)cc2)C(=O)N1CC(=O)O. The molecular weight excluding hydrogens is 290 g/mol. The van der Waals surface area contributed by atoms with Crippen molar-refractivity contribution in [1.29, 1.82) is 0 Å². The highest BCUT2D eigenvalue weighted by molar-refractivity contribution is 5.88.